The second-order valence-corrected chi connectivity index (χ2v) is 13.8. The molecule has 3 nitrogen and oxygen atoms in total. The molecule has 0 N–H and O–H groups in total. The third kappa shape index (κ3) is 6.08. The van der Waals surface area contributed by atoms with Gasteiger partial charge in [0.1, 0.15) is 0 Å². The highest BCUT2D eigenvalue weighted by atomic mass is 15.1. The third-order valence-electron chi connectivity index (χ3n) is 10.4. The maximum absolute atomic E-state index is 5.43. The molecule has 0 aliphatic heterocycles. The van der Waals surface area contributed by atoms with Crippen LogP contribution in [0, 0.1) is 0 Å². The molecule has 0 saturated carbocycles. The first kappa shape index (κ1) is 32.3. The van der Waals surface area contributed by atoms with Crippen LogP contribution in [0.15, 0.2) is 212 Å². The second-order valence-electron chi connectivity index (χ2n) is 13.8. The molecule has 55 heavy (non-hydrogen) atoms. The Morgan fingerprint density at radius 2 is 0.727 bits per heavy atom. The molecule has 0 unspecified atom stereocenters. The van der Waals surface area contributed by atoms with Gasteiger partial charge in [-0.1, -0.05) is 164 Å². The van der Waals surface area contributed by atoms with Gasteiger partial charge in [0, 0.05) is 33.6 Å². The van der Waals surface area contributed by atoms with Crippen LogP contribution < -0.4 is 4.90 Å². The summed E-state index contributed by atoms with van der Waals surface area (Å²) in [5.74, 6) is 0. The Bertz CT molecular complexity index is 2890. The molecule has 0 amide bonds. The second kappa shape index (κ2) is 13.9. The van der Waals surface area contributed by atoms with E-state index >= 15 is 0 Å². The van der Waals surface area contributed by atoms with Crippen molar-refractivity contribution in [2.45, 2.75) is 0 Å². The number of nitrogens with zero attached hydrogens (tertiary/aromatic N) is 3. The number of aromatic nitrogens is 2. The molecule has 0 radical (unpaired) electrons. The monoisotopic (exact) mass is 701 g/mol. The first-order valence-electron chi connectivity index (χ1n) is 18.7. The topological polar surface area (TPSA) is 29.0 Å². The standard InChI is InChI=1S/C52H35N3/c1-5-13-41(14-6-1)50-51(42-15-7-2-8-16-42)54-52-48(53-50)34-31-40-27-25-39-26-28-43(35-47(39)49(40)52)38-23-21-36(22-24-38)37-29-32-46(33-30-37)55(44-17-9-3-10-18-44)45-19-11-4-12-20-45/h1-35H. The van der Waals surface area contributed by atoms with E-state index in [1.165, 1.54) is 27.5 Å². The van der Waals surface area contributed by atoms with E-state index in [1.807, 2.05) is 12.1 Å². The number of rotatable bonds is 7. The average Bonchev–Trinajstić information content (AvgIpc) is 3.27. The first-order chi connectivity index (χ1) is 27.3. The predicted octanol–water partition coefficient (Wildman–Crippen LogP) is 14.1. The highest BCUT2D eigenvalue weighted by Crippen LogP contribution is 2.39. The van der Waals surface area contributed by atoms with Crippen LogP contribution in [0.4, 0.5) is 17.1 Å². The van der Waals surface area contributed by atoms with Crippen LogP contribution in [-0.4, -0.2) is 9.97 Å². The molecule has 10 rings (SSSR count). The quantitative estimate of drug-likeness (QED) is 0.155. The fraction of sp³-hybridized carbons (Fsp3) is 0. The van der Waals surface area contributed by atoms with Gasteiger partial charge in [-0.3, -0.25) is 0 Å². The predicted molar refractivity (Wildman–Crippen MR) is 231 cm³/mol. The van der Waals surface area contributed by atoms with E-state index in [-0.39, 0.29) is 0 Å². The molecule has 0 aliphatic rings. The zero-order chi connectivity index (χ0) is 36.6. The van der Waals surface area contributed by atoms with Crippen molar-refractivity contribution in [2.75, 3.05) is 4.90 Å². The highest BCUT2D eigenvalue weighted by molar-refractivity contribution is 6.19. The fourth-order valence-electron chi connectivity index (χ4n) is 7.69. The lowest BCUT2D eigenvalue weighted by molar-refractivity contribution is 1.28. The van der Waals surface area contributed by atoms with Gasteiger partial charge in [0.05, 0.1) is 22.4 Å². The molecule has 0 bridgehead atoms. The van der Waals surface area contributed by atoms with Crippen molar-refractivity contribution in [2.24, 2.45) is 0 Å². The van der Waals surface area contributed by atoms with Crippen molar-refractivity contribution in [3.05, 3.63) is 212 Å². The summed E-state index contributed by atoms with van der Waals surface area (Å²) in [7, 11) is 0. The fourth-order valence-corrected chi connectivity index (χ4v) is 7.69. The Morgan fingerprint density at radius 3 is 1.31 bits per heavy atom. The van der Waals surface area contributed by atoms with E-state index in [9.17, 15) is 0 Å². The number of para-hydroxylation sites is 2. The van der Waals surface area contributed by atoms with Crippen molar-refractivity contribution < 1.29 is 0 Å². The molecule has 10 aromatic rings. The first-order valence-corrected chi connectivity index (χ1v) is 18.7. The van der Waals surface area contributed by atoms with E-state index in [0.717, 1.165) is 66.9 Å². The van der Waals surface area contributed by atoms with Gasteiger partial charge in [-0.15, -0.1) is 0 Å². The summed E-state index contributed by atoms with van der Waals surface area (Å²) in [5.41, 5.74) is 13.7. The number of hydrogen-bond acceptors (Lipinski definition) is 3. The Morgan fingerprint density at radius 1 is 0.309 bits per heavy atom. The smallest absolute Gasteiger partial charge is 0.0979 e. The Balaban J connectivity index is 1.03. The molecule has 9 aromatic carbocycles. The Hall–Kier alpha value is -7.36. The molecule has 0 saturated heterocycles. The highest BCUT2D eigenvalue weighted by Gasteiger charge is 2.17. The SMILES string of the molecule is c1ccc(-c2nc3ccc4ccc5ccc(-c6ccc(-c7ccc(N(c8ccccc8)c8ccccc8)cc7)cc6)cc5c4c3nc2-c2ccccc2)cc1. The minimum Gasteiger partial charge on any atom is -0.311 e. The Kier molecular flexibility index (Phi) is 8.16. The van der Waals surface area contributed by atoms with Crippen molar-refractivity contribution >= 4 is 49.6 Å². The van der Waals surface area contributed by atoms with Gasteiger partial charge in [-0.05, 0) is 86.9 Å². The van der Waals surface area contributed by atoms with E-state index in [4.69, 9.17) is 9.97 Å². The minimum atomic E-state index is 0.884. The lowest BCUT2D eigenvalue weighted by Crippen LogP contribution is -2.09. The van der Waals surface area contributed by atoms with Crippen molar-refractivity contribution in [3.8, 4) is 44.8 Å². The summed E-state index contributed by atoms with van der Waals surface area (Å²) in [4.78, 5) is 13.0. The van der Waals surface area contributed by atoms with Crippen molar-refractivity contribution in [1.82, 2.24) is 9.97 Å². The molecule has 258 valence electrons. The van der Waals surface area contributed by atoms with Crippen LogP contribution in [0.3, 0.4) is 0 Å². The zero-order valence-electron chi connectivity index (χ0n) is 30.0. The lowest BCUT2D eigenvalue weighted by atomic mass is 9.95. The molecule has 0 fully saturated rings. The van der Waals surface area contributed by atoms with Crippen LogP contribution in [0.1, 0.15) is 0 Å². The van der Waals surface area contributed by atoms with Crippen LogP contribution in [-0.2, 0) is 0 Å². The summed E-state index contributed by atoms with van der Waals surface area (Å²) >= 11 is 0. The molecule has 0 spiro atoms. The summed E-state index contributed by atoms with van der Waals surface area (Å²) in [6, 6.07) is 75.0. The normalized spacial score (nSPS) is 11.3. The number of fused-ring (bicyclic) bond motifs is 5. The molecule has 1 heterocycles. The molecule has 1 aromatic heterocycles. The zero-order valence-corrected chi connectivity index (χ0v) is 30.0. The summed E-state index contributed by atoms with van der Waals surface area (Å²) in [5, 5.41) is 4.62. The molecule has 0 atom stereocenters. The van der Waals surface area contributed by atoms with Crippen molar-refractivity contribution in [1.29, 1.82) is 0 Å². The number of hydrogen-bond donors (Lipinski definition) is 0. The van der Waals surface area contributed by atoms with Gasteiger partial charge in [0.2, 0.25) is 0 Å². The van der Waals surface area contributed by atoms with Crippen LogP contribution >= 0.6 is 0 Å². The number of anilines is 3. The Labute approximate surface area is 320 Å². The van der Waals surface area contributed by atoms with E-state index < -0.39 is 0 Å². The van der Waals surface area contributed by atoms with Crippen molar-refractivity contribution in [3.63, 3.8) is 0 Å². The van der Waals surface area contributed by atoms with E-state index in [0.29, 0.717) is 0 Å². The minimum absolute atomic E-state index is 0.884. The van der Waals surface area contributed by atoms with Gasteiger partial charge in [0.15, 0.2) is 0 Å². The van der Waals surface area contributed by atoms with E-state index in [2.05, 4.69) is 205 Å². The van der Waals surface area contributed by atoms with Gasteiger partial charge < -0.3 is 4.90 Å². The molecule has 0 aliphatic carbocycles. The van der Waals surface area contributed by atoms with Gasteiger partial charge in [-0.25, -0.2) is 9.97 Å². The third-order valence-corrected chi connectivity index (χ3v) is 10.4. The molecule has 3 heteroatoms. The summed E-state index contributed by atoms with van der Waals surface area (Å²) < 4.78 is 0. The van der Waals surface area contributed by atoms with E-state index in [1.54, 1.807) is 0 Å². The summed E-state index contributed by atoms with van der Waals surface area (Å²) in [6.45, 7) is 0. The van der Waals surface area contributed by atoms with Crippen LogP contribution in [0.25, 0.3) is 77.3 Å². The number of benzene rings is 9. The molecular formula is C52H35N3. The lowest BCUT2D eigenvalue weighted by Gasteiger charge is -2.25. The molecular weight excluding hydrogens is 667 g/mol. The average molecular weight is 702 g/mol. The largest absolute Gasteiger partial charge is 0.311 e. The van der Waals surface area contributed by atoms with Crippen LogP contribution in [0.5, 0.6) is 0 Å². The summed E-state index contributed by atoms with van der Waals surface area (Å²) in [6.07, 6.45) is 0. The van der Waals surface area contributed by atoms with Gasteiger partial charge in [0.25, 0.3) is 0 Å². The maximum atomic E-state index is 5.43. The van der Waals surface area contributed by atoms with Gasteiger partial charge >= 0.3 is 0 Å². The van der Waals surface area contributed by atoms with Crippen LogP contribution in [0.2, 0.25) is 0 Å². The maximum Gasteiger partial charge on any atom is 0.0979 e. The van der Waals surface area contributed by atoms with Gasteiger partial charge in [-0.2, -0.15) is 0 Å².